The molecule has 108 valence electrons. The molecule has 0 aliphatic rings. The molecule has 0 atom stereocenters. The minimum absolute atomic E-state index is 0.109. The lowest BCUT2D eigenvalue weighted by molar-refractivity contribution is 0.269. The number of alkyl halides is 1. The Kier molecular flexibility index (Phi) is 4.86. The molecule has 0 saturated carbocycles. The minimum atomic E-state index is -0.849. The molecule has 0 bridgehead atoms. The largest absolute Gasteiger partial charge is 0.483 e. The third-order valence-corrected chi connectivity index (χ3v) is 3.41. The van der Waals surface area contributed by atoms with Crippen LogP contribution in [-0.2, 0) is 11.9 Å². The Morgan fingerprint density at radius 1 is 1.05 bits per heavy atom. The summed E-state index contributed by atoms with van der Waals surface area (Å²) in [6.07, 6.45) is 0. The first-order valence-corrected chi connectivity index (χ1v) is 7.02. The van der Waals surface area contributed by atoms with Crippen molar-refractivity contribution in [2.45, 2.75) is 11.9 Å². The zero-order valence-electron chi connectivity index (χ0n) is 10.7. The second-order valence-electron chi connectivity index (χ2n) is 4.23. The summed E-state index contributed by atoms with van der Waals surface area (Å²) in [6.45, 7) is -0.334. The summed E-state index contributed by atoms with van der Waals surface area (Å²) in [7, 11) is 0. The monoisotopic (exact) mass is 355 g/mol. The van der Waals surface area contributed by atoms with Crippen molar-refractivity contribution in [3.63, 3.8) is 0 Å². The Morgan fingerprint density at radius 2 is 1.71 bits per heavy atom. The van der Waals surface area contributed by atoms with E-state index in [1.807, 2.05) is 0 Å². The minimum Gasteiger partial charge on any atom is -0.483 e. The molecule has 0 fully saturated rings. The van der Waals surface area contributed by atoms with Gasteiger partial charge in [-0.25, -0.2) is 13.2 Å². The van der Waals surface area contributed by atoms with Crippen molar-refractivity contribution in [1.29, 1.82) is 5.26 Å². The van der Waals surface area contributed by atoms with Crippen molar-refractivity contribution in [2.75, 3.05) is 0 Å². The zero-order chi connectivity index (χ0) is 15.4. The maximum absolute atomic E-state index is 13.7. The van der Waals surface area contributed by atoms with Crippen LogP contribution in [0.25, 0.3) is 0 Å². The normalized spacial score (nSPS) is 10.2. The molecule has 2 rings (SSSR count). The molecule has 6 heteroatoms. The van der Waals surface area contributed by atoms with E-state index in [1.54, 1.807) is 6.07 Å². The van der Waals surface area contributed by atoms with E-state index in [4.69, 9.17) is 10.00 Å². The van der Waals surface area contributed by atoms with Crippen molar-refractivity contribution in [2.24, 2.45) is 0 Å². The summed E-state index contributed by atoms with van der Waals surface area (Å²) >= 11 is 3.10. The molecule has 2 nitrogen and oxygen atoms in total. The van der Waals surface area contributed by atoms with Gasteiger partial charge in [-0.1, -0.05) is 22.0 Å². The van der Waals surface area contributed by atoms with E-state index in [1.165, 1.54) is 12.1 Å². The van der Waals surface area contributed by atoms with Crippen molar-refractivity contribution >= 4 is 15.9 Å². The van der Waals surface area contributed by atoms with Crippen LogP contribution in [0.1, 0.15) is 16.7 Å². The molecule has 0 spiro atoms. The number of ether oxygens (including phenoxy) is 1. The van der Waals surface area contributed by atoms with Crippen LogP contribution in [0.5, 0.6) is 5.75 Å². The van der Waals surface area contributed by atoms with Gasteiger partial charge in [0, 0.05) is 10.9 Å². The molecule has 0 heterocycles. The molecular formula is C15H9BrF3NO. The lowest BCUT2D eigenvalue weighted by atomic mass is 10.1. The molecule has 0 radical (unpaired) electrons. The number of hydrogen-bond acceptors (Lipinski definition) is 2. The fourth-order valence-electron chi connectivity index (χ4n) is 1.71. The van der Waals surface area contributed by atoms with Gasteiger partial charge in [0.1, 0.15) is 12.4 Å². The quantitative estimate of drug-likeness (QED) is 0.759. The van der Waals surface area contributed by atoms with Crippen LogP contribution in [-0.4, -0.2) is 0 Å². The van der Waals surface area contributed by atoms with Crippen LogP contribution in [0.15, 0.2) is 30.3 Å². The molecule has 0 unspecified atom stereocenters. The van der Waals surface area contributed by atoms with Crippen molar-refractivity contribution in [3.8, 4) is 11.8 Å². The molecule has 2 aromatic rings. The number of halogens is 4. The third-order valence-electron chi connectivity index (χ3n) is 2.77. The average Bonchev–Trinajstić information content (AvgIpc) is 2.47. The van der Waals surface area contributed by atoms with Crippen LogP contribution < -0.4 is 4.74 Å². The predicted molar refractivity (Wildman–Crippen MR) is 74.4 cm³/mol. The number of hydrogen-bond donors (Lipinski definition) is 0. The molecule has 0 saturated heterocycles. The Labute approximate surface area is 127 Å². The molecule has 0 aliphatic heterocycles. The molecule has 0 amide bonds. The Morgan fingerprint density at radius 3 is 2.24 bits per heavy atom. The van der Waals surface area contributed by atoms with Crippen molar-refractivity contribution < 1.29 is 17.9 Å². The first kappa shape index (κ1) is 15.4. The van der Waals surface area contributed by atoms with Crippen LogP contribution in [0.2, 0.25) is 0 Å². The second kappa shape index (κ2) is 6.64. The van der Waals surface area contributed by atoms with Gasteiger partial charge >= 0.3 is 0 Å². The lowest BCUT2D eigenvalue weighted by Gasteiger charge is -2.10. The van der Waals surface area contributed by atoms with Gasteiger partial charge in [-0.2, -0.15) is 5.26 Å². The molecule has 2 aromatic carbocycles. The summed E-state index contributed by atoms with van der Waals surface area (Å²) in [5.74, 6) is -2.91. The van der Waals surface area contributed by atoms with E-state index in [0.29, 0.717) is 10.9 Å². The van der Waals surface area contributed by atoms with E-state index in [9.17, 15) is 13.2 Å². The number of benzene rings is 2. The fraction of sp³-hybridized carbons (Fsp3) is 0.133. The van der Waals surface area contributed by atoms with Gasteiger partial charge in [0.25, 0.3) is 0 Å². The SMILES string of the molecule is N#Cc1ccc(COc2c(F)cc(CBr)cc2F)c(F)c1. The van der Waals surface area contributed by atoms with Gasteiger partial charge in [0.2, 0.25) is 0 Å². The van der Waals surface area contributed by atoms with E-state index in [2.05, 4.69) is 15.9 Å². The summed E-state index contributed by atoms with van der Waals surface area (Å²) in [4.78, 5) is 0. The standard InChI is InChI=1S/C15H9BrF3NO/c16-6-10-4-13(18)15(14(19)5-10)21-8-11-2-1-9(7-20)3-12(11)17/h1-5H,6,8H2. The van der Waals surface area contributed by atoms with Crippen molar-refractivity contribution in [1.82, 2.24) is 0 Å². The van der Waals surface area contributed by atoms with Gasteiger partial charge in [-0.15, -0.1) is 0 Å². The van der Waals surface area contributed by atoms with Crippen LogP contribution in [0, 0.1) is 28.8 Å². The van der Waals surface area contributed by atoms with Gasteiger partial charge in [0.05, 0.1) is 11.6 Å². The molecule has 0 aromatic heterocycles. The summed E-state index contributed by atoms with van der Waals surface area (Å²) in [5.41, 5.74) is 0.703. The van der Waals surface area contributed by atoms with Crippen LogP contribution >= 0.6 is 15.9 Å². The summed E-state index contributed by atoms with van der Waals surface area (Å²) < 4.78 is 46.0. The topological polar surface area (TPSA) is 33.0 Å². The average molecular weight is 356 g/mol. The van der Waals surface area contributed by atoms with E-state index < -0.39 is 23.2 Å². The third kappa shape index (κ3) is 3.56. The van der Waals surface area contributed by atoms with Gasteiger partial charge in [-0.3, -0.25) is 0 Å². The highest BCUT2D eigenvalue weighted by molar-refractivity contribution is 9.08. The van der Waals surface area contributed by atoms with Gasteiger partial charge in [0.15, 0.2) is 17.4 Å². The summed E-state index contributed by atoms with van der Waals surface area (Å²) in [6, 6.07) is 7.87. The number of rotatable bonds is 4. The maximum atomic E-state index is 13.7. The molecule has 21 heavy (non-hydrogen) atoms. The van der Waals surface area contributed by atoms with Crippen LogP contribution in [0.4, 0.5) is 13.2 Å². The van der Waals surface area contributed by atoms with Gasteiger partial charge in [-0.05, 0) is 29.8 Å². The Balaban J connectivity index is 2.19. The van der Waals surface area contributed by atoms with Crippen LogP contribution in [0.3, 0.4) is 0 Å². The fourth-order valence-corrected chi connectivity index (χ4v) is 2.03. The number of nitrogens with zero attached hydrogens (tertiary/aromatic N) is 1. The first-order chi connectivity index (χ1) is 10.0. The second-order valence-corrected chi connectivity index (χ2v) is 4.79. The number of nitriles is 1. The van der Waals surface area contributed by atoms with E-state index in [-0.39, 0.29) is 17.7 Å². The Hall–Kier alpha value is -2.00. The maximum Gasteiger partial charge on any atom is 0.191 e. The molecule has 0 N–H and O–H groups in total. The highest BCUT2D eigenvalue weighted by Gasteiger charge is 2.13. The highest BCUT2D eigenvalue weighted by Crippen LogP contribution is 2.25. The lowest BCUT2D eigenvalue weighted by Crippen LogP contribution is -2.03. The molecule has 0 aliphatic carbocycles. The van der Waals surface area contributed by atoms with E-state index >= 15 is 0 Å². The smallest absolute Gasteiger partial charge is 0.191 e. The van der Waals surface area contributed by atoms with Gasteiger partial charge < -0.3 is 4.74 Å². The van der Waals surface area contributed by atoms with Crippen molar-refractivity contribution in [3.05, 3.63) is 64.5 Å². The summed E-state index contributed by atoms with van der Waals surface area (Å²) in [5, 5.41) is 8.94. The predicted octanol–water partition coefficient (Wildman–Crippen LogP) is 4.45. The molecular weight excluding hydrogens is 347 g/mol. The highest BCUT2D eigenvalue weighted by atomic mass is 79.9. The zero-order valence-corrected chi connectivity index (χ0v) is 12.3. The first-order valence-electron chi connectivity index (χ1n) is 5.90. The van der Waals surface area contributed by atoms with E-state index in [0.717, 1.165) is 18.2 Å². The Bertz CT molecular complexity index is 690.